The molecular weight excluding hydrogens is 196 g/mol. The van der Waals surface area contributed by atoms with E-state index in [0.717, 1.165) is 11.4 Å². The Morgan fingerprint density at radius 3 is 2.86 bits per heavy atom. The predicted octanol–water partition coefficient (Wildman–Crippen LogP) is 2.70. The molecule has 14 heavy (non-hydrogen) atoms. The number of thiazole rings is 1. The van der Waals surface area contributed by atoms with Crippen LogP contribution in [0.1, 0.15) is 42.6 Å². The van der Waals surface area contributed by atoms with E-state index in [-0.39, 0.29) is 0 Å². The SMILES string of the molecule is O=Cc1csc(NC2CCCCC2)n1. The number of carbonyl (C=O) groups is 1. The first kappa shape index (κ1) is 9.65. The quantitative estimate of drug-likeness (QED) is 0.780. The normalized spacial score (nSPS) is 18.0. The van der Waals surface area contributed by atoms with Crippen molar-refractivity contribution in [2.75, 3.05) is 5.32 Å². The van der Waals surface area contributed by atoms with Gasteiger partial charge in [0.15, 0.2) is 11.4 Å². The number of nitrogens with zero attached hydrogens (tertiary/aromatic N) is 1. The van der Waals surface area contributed by atoms with Crippen molar-refractivity contribution in [1.82, 2.24) is 4.98 Å². The minimum atomic E-state index is 0.535. The van der Waals surface area contributed by atoms with Crippen molar-refractivity contribution in [3.05, 3.63) is 11.1 Å². The summed E-state index contributed by atoms with van der Waals surface area (Å²) in [5, 5.41) is 6.06. The molecule has 1 aliphatic rings. The van der Waals surface area contributed by atoms with Crippen LogP contribution in [0.3, 0.4) is 0 Å². The number of anilines is 1. The molecule has 3 nitrogen and oxygen atoms in total. The molecule has 1 aromatic rings. The zero-order valence-electron chi connectivity index (χ0n) is 8.03. The van der Waals surface area contributed by atoms with Gasteiger partial charge in [-0.2, -0.15) is 0 Å². The van der Waals surface area contributed by atoms with Crippen molar-refractivity contribution < 1.29 is 4.79 Å². The number of hydrogen-bond donors (Lipinski definition) is 1. The van der Waals surface area contributed by atoms with E-state index in [4.69, 9.17) is 0 Å². The summed E-state index contributed by atoms with van der Waals surface area (Å²) in [6.45, 7) is 0. The van der Waals surface area contributed by atoms with Gasteiger partial charge in [-0.05, 0) is 12.8 Å². The molecule has 0 aromatic carbocycles. The monoisotopic (exact) mass is 210 g/mol. The van der Waals surface area contributed by atoms with E-state index in [1.54, 1.807) is 5.38 Å². The molecule has 0 aliphatic heterocycles. The highest BCUT2D eigenvalue weighted by Gasteiger charge is 2.14. The minimum absolute atomic E-state index is 0.535. The maximum Gasteiger partial charge on any atom is 0.183 e. The van der Waals surface area contributed by atoms with Gasteiger partial charge in [0.1, 0.15) is 5.69 Å². The third kappa shape index (κ3) is 2.32. The Morgan fingerprint density at radius 1 is 1.43 bits per heavy atom. The molecule has 0 amide bonds. The van der Waals surface area contributed by atoms with E-state index < -0.39 is 0 Å². The Morgan fingerprint density at radius 2 is 2.21 bits per heavy atom. The molecule has 0 spiro atoms. The second-order valence-corrected chi connectivity index (χ2v) is 4.53. The number of rotatable bonds is 3. The van der Waals surface area contributed by atoms with Crippen LogP contribution in [-0.2, 0) is 0 Å². The van der Waals surface area contributed by atoms with Crippen LogP contribution < -0.4 is 5.32 Å². The fraction of sp³-hybridized carbons (Fsp3) is 0.600. The van der Waals surface area contributed by atoms with Gasteiger partial charge in [0, 0.05) is 11.4 Å². The fourth-order valence-corrected chi connectivity index (χ4v) is 2.56. The summed E-state index contributed by atoms with van der Waals surface area (Å²) in [5.41, 5.74) is 0.535. The lowest BCUT2D eigenvalue weighted by Crippen LogP contribution is -2.22. The van der Waals surface area contributed by atoms with E-state index in [1.807, 2.05) is 0 Å². The molecule has 0 radical (unpaired) electrons. The lowest BCUT2D eigenvalue weighted by Gasteiger charge is -2.22. The molecule has 0 atom stereocenters. The van der Waals surface area contributed by atoms with Gasteiger partial charge in [-0.15, -0.1) is 11.3 Å². The zero-order valence-corrected chi connectivity index (χ0v) is 8.85. The maximum atomic E-state index is 10.4. The molecule has 0 unspecified atom stereocenters. The molecule has 0 bridgehead atoms. The van der Waals surface area contributed by atoms with Crippen LogP contribution >= 0.6 is 11.3 Å². The highest BCUT2D eigenvalue weighted by Crippen LogP contribution is 2.23. The lowest BCUT2D eigenvalue weighted by molar-refractivity contribution is 0.111. The molecule has 76 valence electrons. The molecule has 0 saturated heterocycles. The van der Waals surface area contributed by atoms with E-state index >= 15 is 0 Å². The van der Waals surface area contributed by atoms with Crippen LogP contribution in [-0.4, -0.2) is 17.3 Å². The molecule has 4 heteroatoms. The Bertz CT molecular complexity index is 305. The molecule has 1 saturated carbocycles. The second kappa shape index (κ2) is 4.55. The Hall–Kier alpha value is -0.900. The van der Waals surface area contributed by atoms with Crippen LogP contribution in [0.15, 0.2) is 5.38 Å². The van der Waals surface area contributed by atoms with Gasteiger partial charge in [-0.25, -0.2) is 4.98 Å². The number of aldehydes is 1. The van der Waals surface area contributed by atoms with Crippen LogP contribution in [0.5, 0.6) is 0 Å². The molecule has 1 heterocycles. The van der Waals surface area contributed by atoms with Crippen LogP contribution in [0.25, 0.3) is 0 Å². The van der Waals surface area contributed by atoms with Crippen LogP contribution in [0, 0.1) is 0 Å². The van der Waals surface area contributed by atoms with Crippen molar-refractivity contribution in [3.63, 3.8) is 0 Å². The summed E-state index contributed by atoms with van der Waals surface area (Å²) < 4.78 is 0. The summed E-state index contributed by atoms with van der Waals surface area (Å²) >= 11 is 1.51. The topological polar surface area (TPSA) is 42.0 Å². The third-order valence-electron chi connectivity index (χ3n) is 2.58. The largest absolute Gasteiger partial charge is 0.359 e. The van der Waals surface area contributed by atoms with E-state index in [0.29, 0.717) is 11.7 Å². The molecule has 2 rings (SSSR count). The Kier molecular flexibility index (Phi) is 3.14. The van der Waals surface area contributed by atoms with Gasteiger partial charge < -0.3 is 5.32 Å². The highest BCUT2D eigenvalue weighted by molar-refractivity contribution is 7.13. The van der Waals surface area contributed by atoms with Crippen LogP contribution in [0.4, 0.5) is 5.13 Å². The summed E-state index contributed by atoms with van der Waals surface area (Å²) in [6, 6.07) is 0.564. The highest BCUT2D eigenvalue weighted by atomic mass is 32.1. The van der Waals surface area contributed by atoms with E-state index in [2.05, 4.69) is 10.3 Å². The van der Waals surface area contributed by atoms with Crippen molar-refractivity contribution in [3.8, 4) is 0 Å². The van der Waals surface area contributed by atoms with Gasteiger partial charge in [0.05, 0.1) is 0 Å². The van der Waals surface area contributed by atoms with Crippen molar-refractivity contribution in [1.29, 1.82) is 0 Å². The molecule has 1 N–H and O–H groups in total. The molecular formula is C10H14N2OS. The van der Waals surface area contributed by atoms with Gasteiger partial charge in [-0.3, -0.25) is 4.79 Å². The standard InChI is InChI=1S/C10H14N2OS/c13-6-9-7-14-10(12-9)11-8-4-2-1-3-5-8/h6-8H,1-5H2,(H,11,12). The smallest absolute Gasteiger partial charge is 0.183 e. The zero-order chi connectivity index (χ0) is 9.80. The summed E-state index contributed by atoms with van der Waals surface area (Å²) in [6.07, 6.45) is 7.23. The van der Waals surface area contributed by atoms with Crippen molar-refractivity contribution >= 4 is 22.8 Å². The first-order valence-electron chi connectivity index (χ1n) is 5.06. The average Bonchev–Trinajstić information content (AvgIpc) is 2.67. The Balaban J connectivity index is 1.92. The minimum Gasteiger partial charge on any atom is -0.359 e. The van der Waals surface area contributed by atoms with E-state index in [9.17, 15) is 4.79 Å². The average molecular weight is 210 g/mol. The van der Waals surface area contributed by atoms with Gasteiger partial charge >= 0.3 is 0 Å². The second-order valence-electron chi connectivity index (χ2n) is 3.67. The molecule has 1 fully saturated rings. The summed E-state index contributed by atoms with van der Waals surface area (Å²) in [4.78, 5) is 14.6. The number of carbonyl (C=O) groups excluding carboxylic acids is 1. The van der Waals surface area contributed by atoms with Crippen molar-refractivity contribution in [2.24, 2.45) is 0 Å². The number of aromatic nitrogens is 1. The number of hydrogen-bond acceptors (Lipinski definition) is 4. The first-order valence-corrected chi connectivity index (χ1v) is 5.93. The molecule has 1 aliphatic carbocycles. The van der Waals surface area contributed by atoms with E-state index in [1.165, 1.54) is 43.4 Å². The first-order chi connectivity index (χ1) is 6.88. The van der Waals surface area contributed by atoms with Crippen LogP contribution in [0.2, 0.25) is 0 Å². The van der Waals surface area contributed by atoms with Crippen molar-refractivity contribution in [2.45, 2.75) is 38.1 Å². The van der Waals surface area contributed by atoms with Gasteiger partial charge in [-0.1, -0.05) is 19.3 Å². The fourth-order valence-electron chi connectivity index (χ4n) is 1.83. The summed E-state index contributed by atoms with van der Waals surface area (Å²) in [7, 11) is 0. The van der Waals surface area contributed by atoms with Gasteiger partial charge in [0.25, 0.3) is 0 Å². The predicted molar refractivity (Wildman–Crippen MR) is 58.0 cm³/mol. The third-order valence-corrected chi connectivity index (χ3v) is 3.37. The lowest BCUT2D eigenvalue weighted by atomic mass is 9.96. The van der Waals surface area contributed by atoms with Gasteiger partial charge in [0.2, 0.25) is 0 Å². The molecule has 1 aromatic heterocycles. The maximum absolute atomic E-state index is 10.4. The Labute approximate surface area is 87.6 Å². The summed E-state index contributed by atoms with van der Waals surface area (Å²) in [5.74, 6) is 0. The number of nitrogens with one attached hydrogen (secondary N) is 1.